The van der Waals surface area contributed by atoms with Gasteiger partial charge in [-0.2, -0.15) is 5.10 Å². The molecule has 0 spiro atoms. The van der Waals surface area contributed by atoms with Gasteiger partial charge in [0, 0.05) is 30.7 Å². The second-order valence-corrected chi connectivity index (χ2v) is 7.58. The number of pyridine rings is 1. The van der Waals surface area contributed by atoms with Gasteiger partial charge in [-0.05, 0) is 39.3 Å². The summed E-state index contributed by atoms with van der Waals surface area (Å²) in [6.07, 6.45) is 3.21. The van der Waals surface area contributed by atoms with E-state index in [2.05, 4.69) is 20.1 Å². The Bertz CT molecular complexity index is 799. The molecule has 1 aliphatic heterocycles. The standard InChI is InChI=1S/C14H21N5O2S/c1-9-12-7-11(8-16-14(12)19(3)17-9)22(20,21)18-13-5-4-6-15-10(13)2/h7-8,10,13,15,18H,4-6H2,1-3H3. The Hall–Kier alpha value is -1.51. The minimum Gasteiger partial charge on any atom is -0.313 e. The zero-order valence-corrected chi connectivity index (χ0v) is 13.8. The average Bonchev–Trinajstić information content (AvgIpc) is 2.76. The van der Waals surface area contributed by atoms with Gasteiger partial charge in [-0.1, -0.05) is 0 Å². The number of hydrogen-bond donors (Lipinski definition) is 2. The van der Waals surface area contributed by atoms with Gasteiger partial charge in [-0.15, -0.1) is 0 Å². The summed E-state index contributed by atoms with van der Waals surface area (Å²) in [5.41, 5.74) is 1.46. The second kappa shape index (κ2) is 5.60. The Balaban J connectivity index is 1.93. The van der Waals surface area contributed by atoms with Gasteiger partial charge in [0.2, 0.25) is 10.0 Å². The number of fused-ring (bicyclic) bond motifs is 1. The molecule has 0 bridgehead atoms. The first-order chi connectivity index (χ1) is 10.4. The SMILES string of the molecule is Cc1nn(C)c2ncc(S(=O)(=O)NC3CCCNC3C)cc12. The fraction of sp³-hybridized carbons (Fsp3) is 0.571. The van der Waals surface area contributed by atoms with Crippen LogP contribution < -0.4 is 10.0 Å². The molecule has 1 saturated heterocycles. The molecule has 2 atom stereocenters. The predicted octanol–water partition coefficient (Wildman–Crippen LogP) is 0.696. The van der Waals surface area contributed by atoms with Crippen LogP contribution in [-0.2, 0) is 17.1 Å². The highest BCUT2D eigenvalue weighted by molar-refractivity contribution is 7.89. The molecule has 0 aromatic carbocycles. The van der Waals surface area contributed by atoms with Gasteiger partial charge in [0.25, 0.3) is 0 Å². The molecule has 2 aromatic rings. The lowest BCUT2D eigenvalue weighted by Gasteiger charge is -2.30. The number of piperidine rings is 1. The van der Waals surface area contributed by atoms with Crippen LogP contribution in [-0.4, -0.2) is 41.8 Å². The first kappa shape index (κ1) is 15.4. The van der Waals surface area contributed by atoms with E-state index in [4.69, 9.17) is 0 Å². The second-order valence-electron chi connectivity index (χ2n) is 5.86. The fourth-order valence-corrected chi connectivity index (χ4v) is 4.23. The number of rotatable bonds is 3. The minimum atomic E-state index is -3.58. The Labute approximate surface area is 130 Å². The smallest absolute Gasteiger partial charge is 0.242 e. The summed E-state index contributed by atoms with van der Waals surface area (Å²) in [4.78, 5) is 4.43. The monoisotopic (exact) mass is 323 g/mol. The molecule has 1 aliphatic rings. The van der Waals surface area contributed by atoms with Crippen LogP contribution in [0.3, 0.4) is 0 Å². The van der Waals surface area contributed by atoms with Gasteiger partial charge in [0.15, 0.2) is 5.65 Å². The van der Waals surface area contributed by atoms with E-state index in [0.29, 0.717) is 5.65 Å². The first-order valence-electron chi connectivity index (χ1n) is 7.43. The summed E-state index contributed by atoms with van der Waals surface area (Å²) in [6, 6.07) is 1.68. The van der Waals surface area contributed by atoms with Gasteiger partial charge in [-0.25, -0.2) is 18.1 Å². The molecule has 120 valence electrons. The third kappa shape index (κ3) is 2.73. The molecule has 7 nitrogen and oxygen atoms in total. The van der Waals surface area contributed by atoms with Crippen molar-refractivity contribution in [3.8, 4) is 0 Å². The van der Waals surface area contributed by atoms with Gasteiger partial charge in [0.05, 0.1) is 5.69 Å². The van der Waals surface area contributed by atoms with Gasteiger partial charge in [0.1, 0.15) is 4.90 Å². The van der Waals surface area contributed by atoms with Crippen molar-refractivity contribution in [3.63, 3.8) is 0 Å². The van der Waals surface area contributed by atoms with E-state index in [9.17, 15) is 8.42 Å². The maximum absolute atomic E-state index is 12.6. The fourth-order valence-electron chi connectivity index (χ4n) is 2.91. The molecular formula is C14H21N5O2S. The molecule has 0 amide bonds. The molecule has 22 heavy (non-hydrogen) atoms. The van der Waals surface area contributed by atoms with Crippen molar-refractivity contribution in [2.75, 3.05) is 6.54 Å². The number of sulfonamides is 1. The third-order valence-electron chi connectivity index (χ3n) is 4.22. The van der Waals surface area contributed by atoms with Crippen molar-refractivity contribution in [1.29, 1.82) is 0 Å². The van der Waals surface area contributed by atoms with Crippen molar-refractivity contribution in [1.82, 2.24) is 24.8 Å². The van der Waals surface area contributed by atoms with Gasteiger partial charge >= 0.3 is 0 Å². The highest BCUT2D eigenvalue weighted by Gasteiger charge is 2.27. The van der Waals surface area contributed by atoms with E-state index in [1.165, 1.54) is 6.20 Å². The lowest BCUT2D eigenvalue weighted by Crippen LogP contribution is -2.51. The predicted molar refractivity (Wildman–Crippen MR) is 84.1 cm³/mol. The van der Waals surface area contributed by atoms with E-state index in [1.807, 2.05) is 13.8 Å². The van der Waals surface area contributed by atoms with Crippen molar-refractivity contribution >= 4 is 21.1 Å². The van der Waals surface area contributed by atoms with Gasteiger partial charge in [-0.3, -0.25) is 4.68 Å². The van der Waals surface area contributed by atoms with E-state index < -0.39 is 10.0 Å². The highest BCUT2D eigenvalue weighted by Crippen LogP contribution is 2.20. The molecule has 1 fully saturated rings. The van der Waals surface area contributed by atoms with Crippen LogP contribution in [0.15, 0.2) is 17.2 Å². The van der Waals surface area contributed by atoms with Gasteiger partial charge < -0.3 is 5.32 Å². The number of nitrogens with zero attached hydrogens (tertiary/aromatic N) is 3. The molecule has 2 N–H and O–H groups in total. The lowest BCUT2D eigenvalue weighted by molar-refractivity contribution is 0.349. The molecule has 0 saturated carbocycles. The number of nitrogens with one attached hydrogen (secondary N) is 2. The summed E-state index contributed by atoms with van der Waals surface area (Å²) in [5.74, 6) is 0. The zero-order valence-electron chi connectivity index (χ0n) is 13.0. The van der Waals surface area contributed by atoms with Crippen LogP contribution in [0.4, 0.5) is 0 Å². The Morgan fingerprint density at radius 2 is 2.23 bits per heavy atom. The minimum absolute atomic E-state index is 0.0931. The highest BCUT2D eigenvalue weighted by atomic mass is 32.2. The largest absolute Gasteiger partial charge is 0.313 e. The number of aryl methyl sites for hydroxylation is 2. The van der Waals surface area contributed by atoms with Crippen molar-refractivity contribution < 1.29 is 8.42 Å². The Kier molecular flexibility index (Phi) is 3.92. The van der Waals surface area contributed by atoms with Crippen LogP contribution in [0.2, 0.25) is 0 Å². The molecular weight excluding hydrogens is 302 g/mol. The van der Waals surface area contributed by atoms with E-state index in [1.54, 1.807) is 17.8 Å². The summed E-state index contributed by atoms with van der Waals surface area (Å²) < 4.78 is 29.7. The molecule has 3 rings (SSSR count). The van der Waals surface area contributed by atoms with Crippen LogP contribution in [0, 0.1) is 6.92 Å². The van der Waals surface area contributed by atoms with Crippen LogP contribution >= 0.6 is 0 Å². The van der Waals surface area contributed by atoms with Crippen molar-refractivity contribution in [2.45, 2.75) is 43.7 Å². The van der Waals surface area contributed by atoms with Crippen LogP contribution in [0.5, 0.6) is 0 Å². The summed E-state index contributed by atoms with van der Waals surface area (Å²) in [5, 5.41) is 8.33. The summed E-state index contributed by atoms with van der Waals surface area (Å²) in [6.45, 7) is 4.78. The average molecular weight is 323 g/mol. The molecule has 0 radical (unpaired) electrons. The quantitative estimate of drug-likeness (QED) is 0.868. The summed E-state index contributed by atoms with van der Waals surface area (Å²) >= 11 is 0. The van der Waals surface area contributed by atoms with E-state index >= 15 is 0 Å². The zero-order chi connectivity index (χ0) is 15.9. The normalized spacial score (nSPS) is 23.0. The van der Waals surface area contributed by atoms with Crippen molar-refractivity contribution in [2.24, 2.45) is 7.05 Å². The molecule has 8 heteroatoms. The maximum Gasteiger partial charge on any atom is 0.242 e. The Morgan fingerprint density at radius 1 is 1.45 bits per heavy atom. The topological polar surface area (TPSA) is 88.9 Å². The molecule has 2 aromatic heterocycles. The molecule has 2 unspecified atom stereocenters. The first-order valence-corrected chi connectivity index (χ1v) is 8.92. The van der Waals surface area contributed by atoms with Crippen molar-refractivity contribution in [3.05, 3.63) is 18.0 Å². The molecule has 3 heterocycles. The summed E-state index contributed by atoms with van der Waals surface area (Å²) in [7, 11) is -1.79. The maximum atomic E-state index is 12.6. The number of aromatic nitrogens is 3. The van der Waals surface area contributed by atoms with Crippen LogP contribution in [0.25, 0.3) is 11.0 Å². The van der Waals surface area contributed by atoms with E-state index in [-0.39, 0.29) is 17.0 Å². The number of hydrogen-bond acceptors (Lipinski definition) is 5. The van der Waals surface area contributed by atoms with E-state index in [0.717, 1.165) is 30.5 Å². The van der Waals surface area contributed by atoms with Crippen LogP contribution in [0.1, 0.15) is 25.5 Å². The third-order valence-corrected chi connectivity index (χ3v) is 5.67. The Morgan fingerprint density at radius 3 is 2.95 bits per heavy atom. The lowest BCUT2D eigenvalue weighted by atomic mass is 10.0. The molecule has 0 aliphatic carbocycles.